The lowest BCUT2D eigenvalue weighted by atomic mass is 10.0. The lowest BCUT2D eigenvalue weighted by molar-refractivity contribution is 0.469. The van der Waals surface area contributed by atoms with Gasteiger partial charge in [0.05, 0.1) is 0 Å². The quantitative estimate of drug-likeness (QED) is 0.504. The first-order valence-corrected chi connectivity index (χ1v) is 4.35. The Morgan fingerprint density at radius 1 is 1.33 bits per heavy atom. The van der Waals surface area contributed by atoms with E-state index in [9.17, 15) is 0 Å². The molecule has 0 radical (unpaired) electrons. The largest absolute Gasteiger partial charge is 0.0651 e. The Kier molecular flexibility index (Phi) is 1.12. The van der Waals surface area contributed by atoms with Gasteiger partial charge in [0.2, 0.25) is 0 Å². The van der Waals surface area contributed by atoms with Crippen LogP contribution >= 0.6 is 0 Å². The highest BCUT2D eigenvalue weighted by atomic mass is 14.5. The van der Waals surface area contributed by atoms with Crippen molar-refractivity contribution in [2.45, 2.75) is 45.4 Å². The van der Waals surface area contributed by atoms with Crippen LogP contribution < -0.4 is 0 Å². The van der Waals surface area contributed by atoms with Gasteiger partial charge in [-0.2, -0.15) is 0 Å². The van der Waals surface area contributed by atoms with Crippen molar-refractivity contribution < 1.29 is 0 Å². The van der Waals surface area contributed by atoms with E-state index in [-0.39, 0.29) is 0 Å². The van der Waals surface area contributed by atoms with Crippen molar-refractivity contribution in [1.29, 1.82) is 0 Å². The topological polar surface area (TPSA) is 0 Å². The summed E-state index contributed by atoms with van der Waals surface area (Å²) in [6, 6.07) is 0. The maximum atomic E-state index is 2.34. The van der Waals surface area contributed by atoms with E-state index in [1.807, 2.05) is 0 Å². The molecule has 0 N–H and O–H groups in total. The first-order valence-electron chi connectivity index (χ1n) is 4.35. The zero-order valence-corrected chi connectivity index (χ0v) is 6.32. The SMILES string of the molecule is CCC1CCC2(CC2)C1. The van der Waals surface area contributed by atoms with E-state index < -0.39 is 0 Å². The third-order valence-corrected chi connectivity index (χ3v) is 3.34. The van der Waals surface area contributed by atoms with Crippen LogP contribution in [0.3, 0.4) is 0 Å². The fraction of sp³-hybridized carbons (Fsp3) is 1.00. The fourth-order valence-corrected chi connectivity index (χ4v) is 2.31. The highest BCUT2D eigenvalue weighted by molar-refractivity contribution is 4.98. The summed E-state index contributed by atoms with van der Waals surface area (Å²) in [7, 11) is 0. The first-order chi connectivity index (χ1) is 4.35. The van der Waals surface area contributed by atoms with E-state index in [0.717, 1.165) is 11.3 Å². The average Bonchev–Trinajstić information content (AvgIpc) is 2.44. The molecule has 52 valence electrons. The lowest BCUT2D eigenvalue weighted by Gasteiger charge is -2.04. The summed E-state index contributed by atoms with van der Waals surface area (Å²) < 4.78 is 0. The number of hydrogen-bond acceptors (Lipinski definition) is 0. The zero-order valence-electron chi connectivity index (χ0n) is 6.32. The Morgan fingerprint density at radius 3 is 2.44 bits per heavy atom. The Hall–Kier alpha value is 0. The van der Waals surface area contributed by atoms with Gasteiger partial charge < -0.3 is 0 Å². The molecule has 2 aliphatic rings. The van der Waals surface area contributed by atoms with Gasteiger partial charge in [-0.3, -0.25) is 0 Å². The third-order valence-electron chi connectivity index (χ3n) is 3.34. The molecule has 0 amide bonds. The van der Waals surface area contributed by atoms with Gasteiger partial charge >= 0.3 is 0 Å². The van der Waals surface area contributed by atoms with Crippen LogP contribution in [0.4, 0.5) is 0 Å². The fourth-order valence-electron chi connectivity index (χ4n) is 2.31. The normalized spacial score (nSPS) is 37.7. The van der Waals surface area contributed by atoms with Crippen molar-refractivity contribution in [3.05, 3.63) is 0 Å². The second-order valence-electron chi connectivity index (χ2n) is 4.02. The van der Waals surface area contributed by atoms with Crippen molar-refractivity contribution in [3.8, 4) is 0 Å². The van der Waals surface area contributed by atoms with Crippen LogP contribution in [0.2, 0.25) is 0 Å². The standard InChI is InChI=1S/C9H16/c1-2-8-3-4-9(7-8)5-6-9/h8H,2-7H2,1H3. The van der Waals surface area contributed by atoms with Gasteiger partial charge in [-0.05, 0) is 43.4 Å². The Bertz CT molecular complexity index is 111. The summed E-state index contributed by atoms with van der Waals surface area (Å²) >= 11 is 0. The number of hydrogen-bond donors (Lipinski definition) is 0. The van der Waals surface area contributed by atoms with Crippen LogP contribution in [0.5, 0.6) is 0 Å². The minimum Gasteiger partial charge on any atom is -0.0651 e. The molecule has 0 saturated heterocycles. The van der Waals surface area contributed by atoms with Crippen molar-refractivity contribution >= 4 is 0 Å². The molecule has 0 aliphatic heterocycles. The van der Waals surface area contributed by atoms with Gasteiger partial charge in [0, 0.05) is 0 Å². The van der Waals surface area contributed by atoms with Crippen LogP contribution in [0, 0.1) is 11.3 Å². The van der Waals surface area contributed by atoms with Crippen molar-refractivity contribution in [2.75, 3.05) is 0 Å². The first kappa shape index (κ1) is 5.76. The Labute approximate surface area is 57.6 Å². The van der Waals surface area contributed by atoms with E-state index in [0.29, 0.717) is 0 Å². The third kappa shape index (κ3) is 0.889. The summed E-state index contributed by atoms with van der Waals surface area (Å²) in [4.78, 5) is 0. The van der Waals surface area contributed by atoms with Gasteiger partial charge in [0.1, 0.15) is 0 Å². The second-order valence-corrected chi connectivity index (χ2v) is 4.02. The van der Waals surface area contributed by atoms with Gasteiger partial charge in [-0.1, -0.05) is 13.3 Å². The van der Waals surface area contributed by atoms with E-state index >= 15 is 0 Å². The molecule has 2 fully saturated rings. The van der Waals surface area contributed by atoms with E-state index in [4.69, 9.17) is 0 Å². The van der Waals surface area contributed by atoms with Gasteiger partial charge in [0.25, 0.3) is 0 Å². The molecule has 0 nitrogen and oxygen atoms in total. The van der Waals surface area contributed by atoms with Crippen molar-refractivity contribution in [2.24, 2.45) is 11.3 Å². The van der Waals surface area contributed by atoms with Crippen LogP contribution in [0.25, 0.3) is 0 Å². The molecule has 1 spiro atoms. The second kappa shape index (κ2) is 1.74. The molecule has 0 aromatic rings. The summed E-state index contributed by atoms with van der Waals surface area (Å²) in [5, 5.41) is 0. The van der Waals surface area contributed by atoms with E-state index in [2.05, 4.69) is 6.92 Å². The summed E-state index contributed by atoms with van der Waals surface area (Å²) in [6.45, 7) is 2.34. The number of rotatable bonds is 1. The smallest absolute Gasteiger partial charge is 0.0294 e. The van der Waals surface area contributed by atoms with Crippen LogP contribution in [-0.4, -0.2) is 0 Å². The monoisotopic (exact) mass is 124 g/mol. The predicted molar refractivity (Wildman–Crippen MR) is 39.3 cm³/mol. The van der Waals surface area contributed by atoms with Crippen molar-refractivity contribution in [1.82, 2.24) is 0 Å². The highest BCUT2D eigenvalue weighted by Crippen LogP contribution is 2.59. The predicted octanol–water partition coefficient (Wildman–Crippen LogP) is 2.98. The summed E-state index contributed by atoms with van der Waals surface area (Å²) in [6.07, 6.45) is 9.22. The molecule has 0 heterocycles. The van der Waals surface area contributed by atoms with Gasteiger partial charge in [0.15, 0.2) is 0 Å². The molecular weight excluding hydrogens is 108 g/mol. The van der Waals surface area contributed by atoms with Gasteiger partial charge in [-0.15, -0.1) is 0 Å². The van der Waals surface area contributed by atoms with Crippen LogP contribution in [-0.2, 0) is 0 Å². The molecule has 2 rings (SSSR count). The Balaban J connectivity index is 1.93. The molecular formula is C9H16. The van der Waals surface area contributed by atoms with E-state index in [1.165, 1.54) is 12.8 Å². The molecule has 2 saturated carbocycles. The maximum absolute atomic E-state index is 2.34. The lowest BCUT2D eigenvalue weighted by Crippen LogP contribution is -1.93. The van der Waals surface area contributed by atoms with Crippen LogP contribution in [0.1, 0.15) is 45.4 Å². The molecule has 9 heavy (non-hydrogen) atoms. The Morgan fingerprint density at radius 2 is 2.11 bits per heavy atom. The van der Waals surface area contributed by atoms with E-state index in [1.54, 1.807) is 25.7 Å². The molecule has 0 aromatic heterocycles. The zero-order chi connectivity index (χ0) is 6.32. The summed E-state index contributed by atoms with van der Waals surface area (Å²) in [5.74, 6) is 1.10. The molecule has 0 aromatic carbocycles. The summed E-state index contributed by atoms with van der Waals surface area (Å²) in [5.41, 5.74) is 0.917. The molecule has 1 unspecified atom stereocenters. The van der Waals surface area contributed by atoms with Crippen LogP contribution in [0.15, 0.2) is 0 Å². The van der Waals surface area contributed by atoms with Gasteiger partial charge in [-0.25, -0.2) is 0 Å². The molecule has 2 aliphatic carbocycles. The van der Waals surface area contributed by atoms with Crippen molar-refractivity contribution in [3.63, 3.8) is 0 Å². The molecule has 0 heteroatoms. The molecule has 1 atom stereocenters. The average molecular weight is 124 g/mol. The highest BCUT2D eigenvalue weighted by Gasteiger charge is 2.47. The minimum absolute atomic E-state index is 0.917. The molecule has 0 bridgehead atoms. The maximum Gasteiger partial charge on any atom is -0.0294 e. The minimum atomic E-state index is 0.917.